The van der Waals surface area contributed by atoms with Gasteiger partial charge in [0.1, 0.15) is 18.1 Å². The van der Waals surface area contributed by atoms with E-state index in [0.717, 1.165) is 16.9 Å². The van der Waals surface area contributed by atoms with Crippen molar-refractivity contribution in [2.45, 2.75) is 27.0 Å². The molecule has 0 fully saturated rings. The number of hydrogen-bond acceptors (Lipinski definition) is 5. The standard InChI is InChI=1S/C23H24N2O4/c1-17-5-7-19(8-6-17)15-28-21-11-9-20(10-12-21)18(2)25-29-16-23(26)24-14-22-4-3-13-27-22/h3-13H,14-16H2,1-2H3,(H,24,26). The van der Waals surface area contributed by atoms with Gasteiger partial charge < -0.3 is 19.3 Å². The molecule has 3 aromatic rings. The average Bonchev–Trinajstić information content (AvgIpc) is 3.26. The monoisotopic (exact) mass is 392 g/mol. The zero-order chi connectivity index (χ0) is 20.5. The molecule has 1 N–H and O–H groups in total. The number of amides is 1. The van der Waals surface area contributed by atoms with Crippen LogP contribution in [-0.2, 0) is 22.8 Å². The highest BCUT2D eigenvalue weighted by Gasteiger charge is 2.04. The van der Waals surface area contributed by atoms with Crippen LogP contribution < -0.4 is 10.1 Å². The van der Waals surface area contributed by atoms with E-state index < -0.39 is 0 Å². The number of benzene rings is 2. The topological polar surface area (TPSA) is 73.1 Å². The van der Waals surface area contributed by atoms with Crippen molar-refractivity contribution >= 4 is 11.6 Å². The van der Waals surface area contributed by atoms with E-state index in [2.05, 4.69) is 41.7 Å². The predicted octanol–water partition coefficient (Wildman–Crippen LogP) is 4.22. The van der Waals surface area contributed by atoms with Gasteiger partial charge in [0.25, 0.3) is 5.91 Å². The summed E-state index contributed by atoms with van der Waals surface area (Å²) in [6, 6.07) is 19.4. The predicted molar refractivity (Wildman–Crippen MR) is 111 cm³/mol. The fraction of sp³-hybridized carbons (Fsp3) is 0.217. The Bertz CT molecular complexity index is 930. The molecule has 3 rings (SSSR count). The normalized spacial score (nSPS) is 11.2. The van der Waals surface area contributed by atoms with Crippen LogP contribution in [0, 0.1) is 6.92 Å². The second-order valence-corrected chi connectivity index (χ2v) is 6.60. The molecule has 29 heavy (non-hydrogen) atoms. The van der Waals surface area contributed by atoms with Crippen molar-refractivity contribution in [3.8, 4) is 5.75 Å². The average molecular weight is 392 g/mol. The van der Waals surface area contributed by atoms with Crippen molar-refractivity contribution in [1.29, 1.82) is 0 Å². The summed E-state index contributed by atoms with van der Waals surface area (Å²) in [4.78, 5) is 16.9. The third kappa shape index (κ3) is 6.53. The van der Waals surface area contributed by atoms with Crippen LogP contribution in [0.3, 0.4) is 0 Å². The molecule has 0 aliphatic carbocycles. The van der Waals surface area contributed by atoms with E-state index in [9.17, 15) is 4.79 Å². The minimum absolute atomic E-state index is 0.157. The number of rotatable bonds is 9. The molecule has 1 heterocycles. The van der Waals surface area contributed by atoms with Crippen LogP contribution in [-0.4, -0.2) is 18.2 Å². The van der Waals surface area contributed by atoms with Gasteiger partial charge in [-0.05, 0) is 61.4 Å². The second-order valence-electron chi connectivity index (χ2n) is 6.60. The number of carbonyl (C=O) groups excluding carboxylic acids is 1. The number of nitrogens with zero attached hydrogens (tertiary/aromatic N) is 1. The smallest absolute Gasteiger partial charge is 0.261 e. The number of oxime groups is 1. The zero-order valence-electron chi connectivity index (χ0n) is 16.6. The molecule has 0 spiro atoms. The van der Waals surface area contributed by atoms with E-state index in [1.54, 1.807) is 18.4 Å². The summed E-state index contributed by atoms with van der Waals surface area (Å²) in [6.07, 6.45) is 1.56. The molecule has 6 nitrogen and oxygen atoms in total. The molecule has 2 aromatic carbocycles. The van der Waals surface area contributed by atoms with Crippen molar-refractivity contribution in [3.05, 3.63) is 89.4 Å². The van der Waals surface area contributed by atoms with Gasteiger partial charge in [0.15, 0.2) is 6.61 Å². The lowest BCUT2D eigenvalue weighted by molar-refractivity contribution is -0.125. The maximum Gasteiger partial charge on any atom is 0.261 e. The summed E-state index contributed by atoms with van der Waals surface area (Å²) in [6.45, 7) is 4.56. The van der Waals surface area contributed by atoms with Gasteiger partial charge in [-0.15, -0.1) is 0 Å². The summed E-state index contributed by atoms with van der Waals surface area (Å²) >= 11 is 0. The number of nitrogens with one attached hydrogen (secondary N) is 1. The molecule has 0 atom stereocenters. The van der Waals surface area contributed by atoms with Crippen LogP contribution in [0.5, 0.6) is 5.75 Å². The molecule has 0 radical (unpaired) electrons. The maximum atomic E-state index is 11.7. The number of hydrogen-bond donors (Lipinski definition) is 1. The maximum absolute atomic E-state index is 11.7. The van der Waals surface area contributed by atoms with Crippen molar-refractivity contribution in [3.63, 3.8) is 0 Å². The Balaban J connectivity index is 1.43. The quantitative estimate of drug-likeness (QED) is 0.437. The summed E-state index contributed by atoms with van der Waals surface area (Å²) in [7, 11) is 0. The van der Waals surface area contributed by atoms with Gasteiger partial charge in [0, 0.05) is 0 Å². The highest BCUT2D eigenvalue weighted by molar-refractivity contribution is 5.98. The Hall–Kier alpha value is -3.54. The molecule has 0 aliphatic heterocycles. The Morgan fingerprint density at radius 2 is 1.83 bits per heavy atom. The second kappa shape index (κ2) is 10.1. The molecular weight excluding hydrogens is 368 g/mol. The third-order valence-corrected chi connectivity index (χ3v) is 4.24. The van der Waals surface area contributed by atoms with E-state index in [1.807, 2.05) is 31.2 Å². The van der Waals surface area contributed by atoms with Crippen molar-refractivity contribution in [2.24, 2.45) is 5.16 Å². The zero-order valence-corrected chi connectivity index (χ0v) is 16.6. The molecule has 0 aliphatic rings. The largest absolute Gasteiger partial charge is 0.489 e. The molecule has 1 amide bonds. The number of aryl methyl sites for hydroxylation is 1. The summed E-state index contributed by atoms with van der Waals surface area (Å²) in [5.41, 5.74) is 3.92. The molecule has 0 bridgehead atoms. The molecule has 0 unspecified atom stereocenters. The fourth-order valence-corrected chi connectivity index (χ4v) is 2.53. The van der Waals surface area contributed by atoms with Crippen LogP contribution in [0.4, 0.5) is 0 Å². The molecular formula is C23H24N2O4. The Kier molecular flexibility index (Phi) is 7.05. The van der Waals surface area contributed by atoms with Gasteiger partial charge in [-0.3, -0.25) is 4.79 Å². The van der Waals surface area contributed by atoms with Gasteiger partial charge in [-0.2, -0.15) is 0 Å². The Morgan fingerprint density at radius 1 is 1.07 bits per heavy atom. The first-order valence-corrected chi connectivity index (χ1v) is 9.34. The summed E-state index contributed by atoms with van der Waals surface area (Å²) in [5, 5.41) is 6.70. The Labute approximate surface area is 170 Å². The highest BCUT2D eigenvalue weighted by Crippen LogP contribution is 2.15. The van der Waals surface area contributed by atoms with Crippen LogP contribution in [0.15, 0.2) is 76.5 Å². The van der Waals surface area contributed by atoms with Gasteiger partial charge in [0.2, 0.25) is 0 Å². The first kappa shape index (κ1) is 20.2. The van der Waals surface area contributed by atoms with Crippen LogP contribution in [0.1, 0.15) is 29.4 Å². The van der Waals surface area contributed by atoms with E-state index in [-0.39, 0.29) is 12.5 Å². The van der Waals surface area contributed by atoms with E-state index in [4.69, 9.17) is 14.0 Å². The lowest BCUT2D eigenvalue weighted by atomic mass is 10.1. The van der Waals surface area contributed by atoms with Crippen LogP contribution in [0.2, 0.25) is 0 Å². The number of carbonyl (C=O) groups is 1. The minimum Gasteiger partial charge on any atom is -0.489 e. The lowest BCUT2D eigenvalue weighted by Crippen LogP contribution is -2.26. The molecule has 0 saturated carbocycles. The SMILES string of the molecule is CC(=NOCC(=O)NCc1ccco1)c1ccc(OCc2ccc(C)cc2)cc1. The first-order valence-electron chi connectivity index (χ1n) is 9.34. The van der Waals surface area contributed by atoms with Gasteiger partial charge in [0.05, 0.1) is 18.5 Å². The summed E-state index contributed by atoms with van der Waals surface area (Å²) < 4.78 is 11.0. The molecule has 6 heteroatoms. The molecule has 150 valence electrons. The van der Waals surface area contributed by atoms with Crippen LogP contribution >= 0.6 is 0 Å². The molecule has 1 aromatic heterocycles. The van der Waals surface area contributed by atoms with E-state index in [1.165, 1.54) is 5.56 Å². The minimum atomic E-state index is -0.266. The van der Waals surface area contributed by atoms with E-state index in [0.29, 0.717) is 24.6 Å². The number of furan rings is 1. The lowest BCUT2D eigenvalue weighted by Gasteiger charge is -2.08. The first-order chi connectivity index (χ1) is 14.1. The fourth-order valence-electron chi connectivity index (χ4n) is 2.53. The molecule has 0 saturated heterocycles. The van der Waals surface area contributed by atoms with Crippen LogP contribution in [0.25, 0.3) is 0 Å². The van der Waals surface area contributed by atoms with Gasteiger partial charge in [-0.1, -0.05) is 35.0 Å². The van der Waals surface area contributed by atoms with Gasteiger partial charge in [-0.25, -0.2) is 0 Å². The highest BCUT2D eigenvalue weighted by atomic mass is 16.6. The van der Waals surface area contributed by atoms with Crippen molar-refractivity contribution in [1.82, 2.24) is 5.32 Å². The summed E-state index contributed by atoms with van der Waals surface area (Å²) in [5.74, 6) is 1.20. The van der Waals surface area contributed by atoms with Crippen molar-refractivity contribution in [2.75, 3.05) is 6.61 Å². The van der Waals surface area contributed by atoms with E-state index >= 15 is 0 Å². The number of ether oxygens (including phenoxy) is 1. The Morgan fingerprint density at radius 3 is 2.52 bits per heavy atom. The van der Waals surface area contributed by atoms with Gasteiger partial charge >= 0.3 is 0 Å². The third-order valence-electron chi connectivity index (χ3n) is 4.24. The van der Waals surface area contributed by atoms with Crippen molar-refractivity contribution < 1.29 is 18.8 Å².